The van der Waals surface area contributed by atoms with Crippen LogP contribution in [0.5, 0.6) is 0 Å². The minimum Gasteiger partial charge on any atom is -0.485 e. The smallest absolute Gasteiger partial charge is 0.251 e. The van der Waals surface area contributed by atoms with Gasteiger partial charge in [0.25, 0.3) is 5.91 Å². The Labute approximate surface area is 114 Å². The van der Waals surface area contributed by atoms with Gasteiger partial charge in [-0.1, -0.05) is 32.0 Å². The zero-order valence-corrected chi connectivity index (χ0v) is 11.8. The van der Waals surface area contributed by atoms with Gasteiger partial charge in [0.05, 0.1) is 12.6 Å². The van der Waals surface area contributed by atoms with E-state index in [1.165, 1.54) is 0 Å². The molecule has 3 nitrogen and oxygen atoms in total. The maximum atomic E-state index is 12.0. The monoisotopic (exact) mass is 265 g/mol. The first-order valence-corrected chi connectivity index (χ1v) is 6.49. The lowest BCUT2D eigenvalue weighted by molar-refractivity contribution is 0.0934. The number of thiocarbonyl (C=S) groups is 1. The molecule has 4 heteroatoms. The van der Waals surface area contributed by atoms with Crippen molar-refractivity contribution in [2.24, 2.45) is 5.92 Å². The van der Waals surface area contributed by atoms with Gasteiger partial charge in [0.15, 0.2) is 5.05 Å². The van der Waals surface area contributed by atoms with Crippen LogP contribution in [-0.2, 0) is 4.74 Å². The van der Waals surface area contributed by atoms with Crippen molar-refractivity contribution >= 4 is 23.2 Å². The Hall–Kier alpha value is -1.42. The van der Waals surface area contributed by atoms with E-state index in [1.807, 2.05) is 39.0 Å². The summed E-state index contributed by atoms with van der Waals surface area (Å²) in [7, 11) is 0. The molecule has 0 spiro atoms. The lowest BCUT2D eigenvalue weighted by atomic mass is 10.0. The number of carbonyl (C=O) groups excluding carboxylic acids is 1. The standard InChI is InChI=1S/C14H19NO2S/c1-4-17-14(18)12(10(2)3)15-13(16)11-8-6-5-7-9-11/h5-10,12H,4H2,1-3H3,(H,15,16). The van der Waals surface area contributed by atoms with Crippen molar-refractivity contribution in [2.45, 2.75) is 26.8 Å². The zero-order valence-electron chi connectivity index (χ0n) is 11.0. The summed E-state index contributed by atoms with van der Waals surface area (Å²) in [5, 5.41) is 3.35. The third-order valence-corrected chi connectivity index (χ3v) is 2.90. The molecule has 0 aliphatic carbocycles. The molecule has 1 unspecified atom stereocenters. The van der Waals surface area contributed by atoms with Crippen LogP contribution in [0.25, 0.3) is 0 Å². The molecule has 1 aromatic carbocycles. The fourth-order valence-electron chi connectivity index (χ4n) is 1.54. The molecule has 18 heavy (non-hydrogen) atoms. The van der Waals surface area contributed by atoms with Crippen LogP contribution in [0.15, 0.2) is 30.3 Å². The van der Waals surface area contributed by atoms with Crippen molar-refractivity contribution in [3.05, 3.63) is 35.9 Å². The maximum Gasteiger partial charge on any atom is 0.251 e. The average Bonchev–Trinajstić information content (AvgIpc) is 2.36. The molecule has 1 rings (SSSR count). The topological polar surface area (TPSA) is 38.3 Å². The molecule has 98 valence electrons. The van der Waals surface area contributed by atoms with Gasteiger partial charge >= 0.3 is 0 Å². The first kappa shape index (κ1) is 14.6. The second-order valence-corrected chi connectivity index (χ2v) is 4.72. The van der Waals surface area contributed by atoms with E-state index in [4.69, 9.17) is 17.0 Å². The highest BCUT2D eigenvalue weighted by atomic mass is 32.1. The molecule has 1 aromatic rings. The van der Waals surface area contributed by atoms with E-state index < -0.39 is 0 Å². The highest BCUT2D eigenvalue weighted by Crippen LogP contribution is 2.08. The third-order valence-electron chi connectivity index (χ3n) is 2.53. The van der Waals surface area contributed by atoms with Crippen molar-refractivity contribution in [2.75, 3.05) is 6.61 Å². The second-order valence-electron chi connectivity index (χ2n) is 4.31. The summed E-state index contributed by atoms with van der Waals surface area (Å²) in [6, 6.07) is 8.85. The van der Waals surface area contributed by atoms with Crippen molar-refractivity contribution in [3.8, 4) is 0 Å². The summed E-state index contributed by atoms with van der Waals surface area (Å²) in [4.78, 5) is 12.0. The number of rotatable bonds is 5. The number of amides is 1. The summed E-state index contributed by atoms with van der Waals surface area (Å²) >= 11 is 5.18. The van der Waals surface area contributed by atoms with Crippen LogP contribution in [0.3, 0.4) is 0 Å². The second kappa shape index (κ2) is 7.11. The number of nitrogens with one attached hydrogen (secondary N) is 1. The van der Waals surface area contributed by atoms with Gasteiger partial charge in [-0.25, -0.2) is 0 Å². The minimum absolute atomic E-state index is 0.128. The summed E-state index contributed by atoms with van der Waals surface area (Å²) in [6.07, 6.45) is 0. The van der Waals surface area contributed by atoms with Crippen molar-refractivity contribution < 1.29 is 9.53 Å². The summed E-state index contributed by atoms with van der Waals surface area (Å²) in [5.74, 6) is 0.0630. The van der Waals surface area contributed by atoms with Crippen LogP contribution in [0.1, 0.15) is 31.1 Å². The van der Waals surface area contributed by atoms with Crippen LogP contribution in [0, 0.1) is 5.92 Å². The molecule has 0 aliphatic rings. The lowest BCUT2D eigenvalue weighted by Gasteiger charge is -2.22. The SMILES string of the molecule is CCOC(=S)C(NC(=O)c1ccccc1)C(C)C. The first-order valence-electron chi connectivity index (χ1n) is 6.08. The highest BCUT2D eigenvalue weighted by Gasteiger charge is 2.22. The molecule has 0 heterocycles. The normalized spacial score (nSPS) is 12.0. The molecule has 0 bridgehead atoms. The molecule has 1 N–H and O–H groups in total. The van der Waals surface area contributed by atoms with Gasteiger partial charge in [-0.15, -0.1) is 0 Å². The molecule has 0 fully saturated rings. The van der Waals surface area contributed by atoms with E-state index in [9.17, 15) is 4.79 Å². The van der Waals surface area contributed by atoms with Crippen LogP contribution in [0.2, 0.25) is 0 Å². The highest BCUT2D eigenvalue weighted by molar-refractivity contribution is 7.80. The molecule has 0 aromatic heterocycles. The van der Waals surface area contributed by atoms with Crippen molar-refractivity contribution in [1.29, 1.82) is 0 Å². The maximum absolute atomic E-state index is 12.0. The molecule has 0 aliphatic heterocycles. The van der Waals surface area contributed by atoms with E-state index in [0.29, 0.717) is 17.2 Å². The molecular weight excluding hydrogens is 246 g/mol. The Kier molecular flexibility index (Phi) is 5.78. The third kappa shape index (κ3) is 4.11. The van der Waals surface area contributed by atoms with Gasteiger partial charge in [0.2, 0.25) is 0 Å². The van der Waals surface area contributed by atoms with Gasteiger partial charge < -0.3 is 10.1 Å². The van der Waals surface area contributed by atoms with E-state index in [0.717, 1.165) is 0 Å². The Morgan fingerprint density at radius 2 is 1.94 bits per heavy atom. The summed E-state index contributed by atoms with van der Waals surface area (Å²) < 4.78 is 5.32. The van der Waals surface area contributed by atoms with E-state index in [1.54, 1.807) is 12.1 Å². The number of carbonyl (C=O) groups is 1. The van der Waals surface area contributed by atoms with Gasteiger partial charge in [-0.3, -0.25) is 4.79 Å². The average molecular weight is 265 g/mol. The van der Waals surface area contributed by atoms with Gasteiger partial charge in [0.1, 0.15) is 0 Å². The molecule has 1 amide bonds. The Morgan fingerprint density at radius 3 is 2.44 bits per heavy atom. The first-order chi connectivity index (χ1) is 8.56. The molecule has 0 saturated carbocycles. The number of benzene rings is 1. The van der Waals surface area contributed by atoms with Gasteiger partial charge in [-0.05, 0) is 37.2 Å². The molecule has 1 atom stereocenters. The molecule has 0 radical (unpaired) electrons. The zero-order chi connectivity index (χ0) is 13.5. The van der Waals surface area contributed by atoms with Crippen LogP contribution in [-0.4, -0.2) is 23.6 Å². The predicted octanol–water partition coefficient (Wildman–Crippen LogP) is 2.80. The summed E-state index contributed by atoms with van der Waals surface area (Å²) in [5.41, 5.74) is 0.627. The Bertz CT molecular complexity index is 404. The lowest BCUT2D eigenvalue weighted by Crippen LogP contribution is -2.44. The fourth-order valence-corrected chi connectivity index (χ4v) is 1.99. The number of ether oxygens (including phenoxy) is 1. The van der Waals surface area contributed by atoms with Crippen molar-refractivity contribution in [3.63, 3.8) is 0 Å². The van der Waals surface area contributed by atoms with Crippen LogP contribution < -0.4 is 5.32 Å². The van der Waals surface area contributed by atoms with Crippen molar-refractivity contribution in [1.82, 2.24) is 5.32 Å². The largest absolute Gasteiger partial charge is 0.485 e. The predicted molar refractivity (Wildman–Crippen MR) is 76.8 cm³/mol. The van der Waals surface area contributed by atoms with E-state index in [-0.39, 0.29) is 17.9 Å². The molecular formula is C14H19NO2S. The minimum atomic E-state index is -0.243. The van der Waals surface area contributed by atoms with Gasteiger partial charge in [-0.2, -0.15) is 0 Å². The fraction of sp³-hybridized carbons (Fsp3) is 0.429. The Balaban J connectivity index is 2.73. The number of hydrogen-bond acceptors (Lipinski definition) is 3. The van der Waals surface area contributed by atoms with E-state index in [2.05, 4.69) is 5.32 Å². The van der Waals surface area contributed by atoms with Crippen LogP contribution >= 0.6 is 12.2 Å². The quantitative estimate of drug-likeness (QED) is 0.832. The number of hydrogen-bond donors (Lipinski definition) is 1. The summed E-state index contributed by atoms with van der Waals surface area (Å²) in [6.45, 7) is 6.40. The van der Waals surface area contributed by atoms with E-state index >= 15 is 0 Å². The van der Waals surface area contributed by atoms with Gasteiger partial charge in [0, 0.05) is 5.56 Å². The van der Waals surface area contributed by atoms with Crippen LogP contribution in [0.4, 0.5) is 0 Å². The molecule has 0 saturated heterocycles. The Morgan fingerprint density at radius 1 is 1.33 bits per heavy atom.